The molecule has 1 fully saturated rings. The third-order valence-electron chi connectivity index (χ3n) is 2.69. The van der Waals surface area contributed by atoms with Crippen LogP contribution >= 0.6 is 7.82 Å². The molecule has 1 aliphatic rings. The Morgan fingerprint density at radius 3 is 2.30 bits per heavy atom. The van der Waals surface area contributed by atoms with Gasteiger partial charge >= 0.3 is 7.82 Å². The van der Waals surface area contributed by atoms with Crippen molar-refractivity contribution in [3.63, 3.8) is 0 Å². The molecule has 0 saturated carbocycles. The van der Waals surface area contributed by atoms with Gasteiger partial charge in [0.25, 0.3) is 0 Å². The first kappa shape index (κ1) is 18.0. The maximum atomic E-state index is 10.8. The lowest BCUT2D eigenvalue weighted by molar-refractivity contribution is -0.289. The maximum absolute atomic E-state index is 10.8. The highest BCUT2D eigenvalue weighted by Gasteiger charge is 2.47. The van der Waals surface area contributed by atoms with Crippen molar-refractivity contribution in [2.24, 2.45) is 5.92 Å². The third-order valence-corrected chi connectivity index (χ3v) is 3.17. The topological polar surface area (TPSA) is 146 Å². The molecule has 1 heterocycles. The Bertz CT molecular complexity index is 344. The van der Waals surface area contributed by atoms with Crippen molar-refractivity contribution in [3.05, 3.63) is 0 Å². The standard InChI is InChI=1S/C10H21O9P/c1-5(2)4-17-9-7(12)6(3-11)18-10(8(9)13)19-20(14,15)16/h5-13H,3-4H2,1-2H3,(H2,14,15,16)/t6-,7-,8-,9+,10-/m1/s1. The lowest BCUT2D eigenvalue weighted by Crippen LogP contribution is -2.60. The summed E-state index contributed by atoms with van der Waals surface area (Å²) < 4.78 is 25.4. The molecule has 1 saturated heterocycles. The Balaban J connectivity index is 2.81. The van der Waals surface area contributed by atoms with Crippen LogP contribution in [0.1, 0.15) is 13.8 Å². The summed E-state index contributed by atoms with van der Waals surface area (Å²) >= 11 is 0. The van der Waals surface area contributed by atoms with Gasteiger partial charge in [0.15, 0.2) is 6.29 Å². The number of hydrogen-bond donors (Lipinski definition) is 5. The first-order chi connectivity index (χ1) is 9.15. The number of aliphatic hydroxyl groups is 3. The molecule has 0 bridgehead atoms. The second-order valence-corrected chi connectivity index (χ2v) is 6.19. The van der Waals surface area contributed by atoms with Crippen LogP contribution in [0.15, 0.2) is 0 Å². The third kappa shape index (κ3) is 5.03. The van der Waals surface area contributed by atoms with E-state index in [2.05, 4.69) is 4.52 Å². The van der Waals surface area contributed by atoms with Gasteiger partial charge in [-0.25, -0.2) is 4.57 Å². The molecule has 120 valence electrons. The van der Waals surface area contributed by atoms with Gasteiger partial charge in [-0.05, 0) is 5.92 Å². The van der Waals surface area contributed by atoms with Crippen molar-refractivity contribution >= 4 is 7.82 Å². The van der Waals surface area contributed by atoms with Crippen molar-refractivity contribution in [1.29, 1.82) is 0 Å². The fraction of sp³-hybridized carbons (Fsp3) is 1.00. The number of hydrogen-bond acceptors (Lipinski definition) is 7. The van der Waals surface area contributed by atoms with Crippen LogP contribution in [0, 0.1) is 5.92 Å². The molecule has 0 radical (unpaired) electrons. The molecule has 0 spiro atoms. The average molecular weight is 316 g/mol. The van der Waals surface area contributed by atoms with E-state index in [4.69, 9.17) is 24.4 Å². The predicted molar refractivity (Wildman–Crippen MR) is 65.5 cm³/mol. The van der Waals surface area contributed by atoms with Gasteiger partial charge in [0.05, 0.1) is 6.61 Å². The van der Waals surface area contributed by atoms with Crippen LogP contribution in [-0.2, 0) is 18.6 Å². The number of aliphatic hydroxyl groups excluding tert-OH is 3. The summed E-state index contributed by atoms with van der Waals surface area (Å²) in [6.07, 6.45) is -7.00. The molecule has 0 unspecified atom stereocenters. The van der Waals surface area contributed by atoms with Crippen LogP contribution in [0.4, 0.5) is 0 Å². The summed E-state index contributed by atoms with van der Waals surface area (Å²) in [6, 6.07) is 0. The number of rotatable bonds is 6. The lowest BCUT2D eigenvalue weighted by Gasteiger charge is -2.41. The van der Waals surface area contributed by atoms with Crippen molar-refractivity contribution in [2.75, 3.05) is 13.2 Å². The van der Waals surface area contributed by atoms with Crippen molar-refractivity contribution in [2.45, 2.75) is 44.6 Å². The molecule has 1 aliphatic heterocycles. The second-order valence-electron chi connectivity index (χ2n) is 4.99. The molecule has 20 heavy (non-hydrogen) atoms. The summed E-state index contributed by atoms with van der Waals surface area (Å²) in [5, 5.41) is 28.9. The smallest absolute Gasteiger partial charge is 0.394 e. The molecule has 5 N–H and O–H groups in total. The molecule has 0 aliphatic carbocycles. The molecule has 10 heteroatoms. The molecule has 1 rings (SSSR count). The number of phosphoric ester groups is 1. The van der Waals surface area contributed by atoms with Gasteiger partial charge < -0.3 is 34.6 Å². The summed E-state index contributed by atoms with van der Waals surface area (Å²) in [7, 11) is -4.90. The maximum Gasteiger partial charge on any atom is 0.472 e. The van der Waals surface area contributed by atoms with Crippen molar-refractivity contribution < 1.29 is 43.7 Å². The van der Waals surface area contributed by atoms with Gasteiger partial charge in [-0.1, -0.05) is 13.8 Å². The molecule has 5 atom stereocenters. The van der Waals surface area contributed by atoms with Crippen LogP contribution in [0.3, 0.4) is 0 Å². The van der Waals surface area contributed by atoms with E-state index in [1.54, 1.807) is 0 Å². The molecule has 0 aromatic rings. The molecular weight excluding hydrogens is 295 g/mol. The van der Waals surface area contributed by atoms with Crippen LogP contribution < -0.4 is 0 Å². The van der Waals surface area contributed by atoms with Crippen molar-refractivity contribution in [1.82, 2.24) is 0 Å². The fourth-order valence-electron chi connectivity index (χ4n) is 1.78. The Morgan fingerprint density at radius 2 is 1.85 bits per heavy atom. The van der Waals surface area contributed by atoms with Gasteiger partial charge in [-0.15, -0.1) is 0 Å². The van der Waals surface area contributed by atoms with E-state index in [0.717, 1.165) is 0 Å². The van der Waals surface area contributed by atoms with E-state index in [0.29, 0.717) is 0 Å². The van der Waals surface area contributed by atoms with E-state index in [-0.39, 0.29) is 12.5 Å². The van der Waals surface area contributed by atoms with Crippen LogP contribution in [-0.4, -0.2) is 69.0 Å². The monoisotopic (exact) mass is 316 g/mol. The first-order valence-corrected chi connectivity index (χ1v) is 7.66. The highest BCUT2D eigenvalue weighted by Crippen LogP contribution is 2.40. The zero-order valence-electron chi connectivity index (χ0n) is 11.2. The SMILES string of the molecule is CC(C)CO[C@@H]1[C@@H](O)[C@@H](OP(=O)(O)O)O[C@H](CO)[C@H]1O. The van der Waals surface area contributed by atoms with E-state index in [9.17, 15) is 14.8 Å². The minimum absolute atomic E-state index is 0.117. The Kier molecular flexibility index (Phi) is 6.52. The van der Waals surface area contributed by atoms with Crippen LogP contribution in [0.5, 0.6) is 0 Å². The van der Waals surface area contributed by atoms with Gasteiger partial charge in [0.1, 0.15) is 24.4 Å². The Labute approximate surface area is 116 Å². The molecule has 9 nitrogen and oxygen atoms in total. The zero-order chi connectivity index (χ0) is 15.5. The zero-order valence-corrected chi connectivity index (χ0v) is 12.1. The summed E-state index contributed by atoms with van der Waals surface area (Å²) in [6.45, 7) is 3.30. The number of phosphoric acid groups is 1. The predicted octanol–water partition coefficient (Wildman–Crippen LogP) is -1.42. The second kappa shape index (κ2) is 7.26. The van der Waals surface area contributed by atoms with Gasteiger partial charge in [-0.2, -0.15) is 0 Å². The molecular formula is C10H21O9P. The Hall–Kier alpha value is -0.0900. The van der Waals surface area contributed by atoms with Gasteiger partial charge in [0, 0.05) is 6.61 Å². The molecule has 0 amide bonds. The van der Waals surface area contributed by atoms with E-state index >= 15 is 0 Å². The molecule has 0 aromatic carbocycles. The number of ether oxygens (including phenoxy) is 2. The summed E-state index contributed by atoms with van der Waals surface area (Å²) in [4.78, 5) is 17.5. The highest BCUT2D eigenvalue weighted by atomic mass is 31.2. The van der Waals surface area contributed by atoms with E-state index < -0.39 is 45.1 Å². The Morgan fingerprint density at radius 1 is 1.25 bits per heavy atom. The van der Waals surface area contributed by atoms with Crippen LogP contribution in [0.2, 0.25) is 0 Å². The quantitative estimate of drug-likeness (QED) is 0.372. The van der Waals surface area contributed by atoms with E-state index in [1.807, 2.05) is 13.8 Å². The normalized spacial score (nSPS) is 35.5. The highest BCUT2D eigenvalue weighted by molar-refractivity contribution is 7.46. The summed E-state index contributed by atoms with van der Waals surface area (Å²) in [5.74, 6) is 0.117. The van der Waals surface area contributed by atoms with Gasteiger partial charge in [-0.3, -0.25) is 4.52 Å². The fourth-order valence-corrected chi connectivity index (χ4v) is 2.22. The minimum Gasteiger partial charge on any atom is -0.394 e. The summed E-state index contributed by atoms with van der Waals surface area (Å²) in [5.41, 5.74) is 0. The van der Waals surface area contributed by atoms with Crippen LogP contribution in [0.25, 0.3) is 0 Å². The van der Waals surface area contributed by atoms with Crippen molar-refractivity contribution in [3.8, 4) is 0 Å². The van der Waals surface area contributed by atoms with E-state index in [1.165, 1.54) is 0 Å². The largest absolute Gasteiger partial charge is 0.472 e. The molecule has 0 aromatic heterocycles. The average Bonchev–Trinajstić information content (AvgIpc) is 2.30. The first-order valence-electron chi connectivity index (χ1n) is 6.13. The van der Waals surface area contributed by atoms with Gasteiger partial charge in [0.2, 0.25) is 0 Å². The lowest BCUT2D eigenvalue weighted by atomic mass is 9.99. The minimum atomic E-state index is -4.90.